The summed E-state index contributed by atoms with van der Waals surface area (Å²) in [6.45, 7) is 2.71. The van der Waals surface area contributed by atoms with Crippen molar-refractivity contribution >= 4 is 33.3 Å². The van der Waals surface area contributed by atoms with E-state index in [1.807, 2.05) is 6.92 Å². The summed E-state index contributed by atoms with van der Waals surface area (Å²) in [6, 6.07) is 4.61. The van der Waals surface area contributed by atoms with Crippen LogP contribution in [-0.4, -0.2) is 23.6 Å². The fourth-order valence-corrected chi connectivity index (χ4v) is 2.07. The highest BCUT2D eigenvalue weighted by Gasteiger charge is 2.09. The lowest BCUT2D eigenvalue weighted by atomic mass is 10.3. The zero-order chi connectivity index (χ0) is 14.5. The predicted octanol–water partition coefficient (Wildman–Crippen LogP) is 3.56. The predicted molar refractivity (Wildman–Crippen MR) is 80.1 cm³/mol. The Hall–Kier alpha value is -1.89. The minimum atomic E-state index is -0.436. The summed E-state index contributed by atoms with van der Waals surface area (Å²) >= 11 is 3.42. The van der Waals surface area contributed by atoms with E-state index in [1.165, 1.54) is 19.5 Å². The van der Waals surface area contributed by atoms with Gasteiger partial charge in [-0.25, -0.2) is 14.4 Å². The van der Waals surface area contributed by atoms with Gasteiger partial charge in [0.1, 0.15) is 22.4 Å². The topological polar surface area (TPSA) is 59.1 Å². The van der Waals surface area contributed by atoms with Gasteiger partial charge in [0.15, 0.2) is 11.6 Å². The van der Waals surface area contributed by atoms with Gasteiger partial charge in [-0.1, -0.05) is 0 Å². The lowest BCUT2D eigenvalue weighted by Crippen LogP contribution is -2.04. The van der Waals surface area contributed by atoms with E-state index in [2.05, 4.69) is 36.5 Å². The standard InChI is InChI=1S/C13H14BrFN4O/c1-3-16-12-11(14)13(18-7-17-12)19-8-4-5-10(20-2)9(15)6-8/h4-7H,3H2,1-2H3,(H2,16,17,18,19). The molecule has 5 nitrogen and oxygen atoms in total. The first-order valence-electron chi connectivity index (χ1n) is 6.00. The Balaban J connectivity index is 2.26. The van der Waals surface area contributed by atoms with Gasteiger partial charge in [-0.2, -0.15) is 0 Å². The molecule has 1 aromatic heterocycles. The third-order valence-corrected chi connectivity index (χ3v) is 3.30. The number of ether oxygens (including phenoxy) is 1. The molecule has 0 aliphatic carbocycles. The normalized spacial score (nSPS) is 10.2. The number of nitrogens with one attached hydrogen (secondary N) is 2. The van der Waals surface area contributed by atoms with Crippen molar-refractivity contribution in [2.24, 2.45) is 0 Å². The molecule has 0 saturated heterocycles. The van der Waals surface area contributed by atoms with Crippen LogP contribution in [0.5, 0.6) is 5.75 Å². The molecule has 0 atom stereocenters. The Labute approximate surface area is 124 Å². The van der Waals surface area contributed by atoms with Gasteiger partial charge in [0.05, 0.1) is 7.11 Å². The molecule has 0 saturated carbocycles. The number of benzene rings is 1. The summed E-state index contributed by atoms with van der Waals surface area (Å²) in [6.07, 6.45) is 1.44. The van der Waals surface area contributed by atoms with E-state index in [-0.39, 0.29) is 5.75 Å². The Morgan fingerprint density at radius 2 is 2.05 bits per heavy atom. The van der Waals surface area contributed by atoms with Gasteiger partial charge in [-0.3, -0.25) is 0 Å². The van der Waals surface area contributed by atoms with E-state index >= 15 is 0 Å². The number of hydrogen-bond acceptors (Lipinski definition) is 5. The Bertz CT molecular complexity index is 609. The number of methoxy groups -OCH3 is 1. The number of rotatable bonds is 5. The Kier molecular flexibility index (Phi) is 4.73. The first kappa shape index (κ1) is 14.5. The first-order valence-corrected chi connectivity index (χ1v) is 6.80. The molecule has 1 heterocycles. The summed E-state index contributed by atoms with van der Waals surface area (Å²) in [4.78, 5) is 8.24. The van der Waals surface area contributed by atoms with Crippen molar-refractivity contribution in [3.63, 3.8) is 0 Å². The van der Waals surface area contributed by atoms with Gasteiger partial charge >= 0.3 is 0 Å². The van der Waals surface area contributed by atoms with Crippen molar-refractivity contribution in [1.82, 2.24) is 9.97 Å². The molecule has 0 fully saturated rings. The molecule has 20 heavy (non-hydrogen) atoms. The monoisotopic (exact) mass is 340 g/mol. The van der Waals surface area contributed by atoms with E-state index in [9.17, 15) is 4.39 Å². The fraction of sp³-hybridized carbons (Fsp3) is 0.231. The fourth-order valence-electron chi connectivity index (χ4n) is 1.63. The van der Waals surface area contributed by atoms with Gasteiger partial charge in [0.2, 0.25) is 0 Å². The molecule has 2 N–H and O–H groups in total. The number of aromatic nitrogens is 2. The van der Waals surface area contributed by atoms with Crippen molar-refractivity contribution in [3.8, 4) is 5.75 Å². The molecule has 0 unspecified atom stereocenters. The molecular weight excluding hydrogens is 327 g/mol. The molecule has 1 aromatic carbocycles. The van der Waals surface area contributed by atoms with E-state index in [0.717, 1.165) is 6.54 Å². The molecule has 0 spiro atoms. The smallest absolute Gasteiger partial charge is 0.167 e. The number of nitrogens with zero attached hydrogens (tertiary/aromatic N) is 2. The summed E-state index contributed by atoms with van der Waals surface area (Å²) in [5.74, 6) is 1.000. The van der Waals surface area contributed by atoms with Crippen LogP contribution in [0.25, 0.3) is 0 Å². The van der Waals surface area contributed by atoms with Crippen LogP contribution in [0.4, 0.5) is 21.7 Å². The van der Waals surface area contributed by atoms with Gasteiger partial charge in [0.25, 0.3) is 0 Å². The summed E-state index contributed by atoms with van der Waals surface area (Å²) in [5, 5.41) is 6.13. The van der Waals surface area contributed by atoms with Gasteiger partial charge < -0.3 is 15.4 Å². The van der Waals surface area contributed by atoms with Crippen LogP contribution in [0.2, 0.25) is 0 Å². The second-order valence-corrected chi connectivity index (χ2v) is 4.68. The minimum absolute atomic E-state index is 0.200. The van der Waals surface area contributed by atoms with Gasteiger partial charge in [-0.05, 0) is 35.0 Å². The zero-order valence-corrected chi connectivity index (χ0v) is 12.7. The largest absolute Gasteiger partial charge is 0.494 e. The van der Waals surface area contributed by atoms with E-state index in [1.54, 1.807) is 12.1 Å². The molecule has 0 radical (unpaired) electrons. The van der Waals surface area contributed by atoms with Crippen LogP contribution in [-0.2, 0) is 0 Å². The van der Waals surface area contributed by atoms with Crippen LogP contribution >= 0.6 is 15.9 Å². The highest BCUT2D eigenvalue weighted by atomic mass is 79.9. The third-order valence-electron chi connectivity index (χ3n) is 2.55. The van der Waals surface area contributed by atoms with E-state index in [4.69, 9.17) is 4.74 Å². The SMILES string of the molecule is CCNc1ncnc(Nc2ccc(OC)c(F)c2)c1Br. The average Bonchev–Trinajstić information content (AvgIpc) is 2.44. The quantitative estimate of drug-likeness (QED) is 0.871. The Morgan fingerprint density at radius 3 is 2.70 bits per heavy atom. The van der Waals surface area contributed by atoms with Crippen LogP contribution in [0.15, 0.2) is 29.0 Å². The summed E-state index contributed by atoms with van der Waals surface area (Å²) in [5.41, 5.74) is 0.574. The molecule has 106 valence electrons. The third kappa shape index (κ3) is 3.16. The molecule has 2 aromatic rings. The highest BCUT2D eigenvalue weighted by molar-refractivity contribution is 9.10. The van der Waals surface area contributed by atoms with Crippen LogP contribution in [0.1, 0.15) is 6.92 Å². The molecular formula is C13H14BrFN4O. The maximum absolute atomic E-state index is 13.6. The summed E-state index contributed by atoms with van der Waals surface area (Å²) < 4.78 is 19.2. The zero-order valence-electron chi connectivity index (χ0n) is 11.1. The van der Waals surface area contributed by atoms with Gasteiger partial charge in [-0.15, -0.1) is 0 Å². The molecule has 2 rings (SSSR count). The maximum atomic E-state index is 13.6. The van der Waals surface area contributed by atoms with Crippen molar-refractivity contribution < 1.29 is 9.13 Å². The van der Waals surface area contributed by atoms with Gasteiger partial charge in [0, 0.05) is 18.3 Å². The van der Waals surface area contributed by atoms with E-state index in [0.29, 0.717) is 21.8 Å². The molecule has 7 heteroatoms. The first-order chi connectivity index (χ1) is 9.65. The van der Waals surface area contributed by atoms with Crippen LogP contribution < -0.4 is 15.4 Å². The second kappa shape index (κ2) is 6.51. The second-order valence-electron chi connectivity index (χ2n) is 3.89. The average molecular weight is 341 g/mol. The van der Waals surface area contributed by atoms with Crippen LogP contribution in [0, 0.1) is 5.82 Å². The highest BCUT2D eigenvalue weighted by Crippen LogP contribution is 2.30. The summed E-state index contributed by atoms with van der Waals surface area (Å²) in [7, 11) is 1.43. The maximum Gasteiger partial charge on any atom is 0.167 e. The lowest BCUT2D eigenvalue weighted by molar-refractivity contribution is 0.386. The lowest BCUT2D eigenvalue weighted by Gasteiger charge is -2.11. The van der Waals surface area contributed by atoms with Crippen molar-refractivity contribution in [2.45, 2.75) is 6.92 Å². The molecule has 0 aliphatic rings. The van der Waals surface area contributed by atoms with Crippen molar-refractivity contribution in [1.29, 1.82) is 0 Å². The van der Waals surface area contributed by atoms with Crippen LogP contribution in [0.3, 0.4) is 0 Å². The minimum Gasteiger partial charge on any atom is -0.494 e. The number of halogens is 2. The number of anilines is 3. The number of hydrogen-bond donors (Lipinski definition) is 2. The molecule has 0 amide bonds. The van der Waals surface area contributed by atoms with E-state index < -0.39 is 5.82 Å². The van der Waals surface area contributed by atoms with Crippen molar-refractivity contribution in [2.75, 3.05) is 24.3 Å². The molecule has 0 aliphatic heterocycles. The van der Waals surface area contributed by atoms with Crippen molar-refractivity contribution in [3.05, 3.63) is 34.8 Å². The Morgan fingerprint density at radius 1 is 1.30 bits per heavy atom. The molecule has 0 bridgehead atoms.